The van der Waals surface area contributed by atoms with E-state index < -0.39 is 17.7 Å². The minimum Gasteiger partial charge on any atom is -0.383 e. The van der Waals surface area contributed by atoms with Gasteiger partial charge in [-0.2, -0.15) is 9.37 Å². The van der Waals surface area contributed by atoms with Gasteiger partial charge in [-0.25, -0.2) is 9.37 Å². The average Bonchev–Trinajstić information content (AvgIpc) is 2.92. The van der Waals surface area contributed by atoms with Gasteiger partial charge in [-0.3, -0.25) is 9.69 Å². The Kier molecular flexibility index (Phi) is 8.01. The number of nitrogens with one attached hydrogen (secondary N) is 1. The fraction of sp³-hybridized carbons (Fsp3) is 0.393. The molecule has 0 spiro atoms. The van der Waals surface area contributed by atoms with Crippen LogP contribution < -0.4 is 16.0 Å². The topological polar surface area (TPSA) is 106 Å². The standard InChI is InChI=1S/C28H32F2N6O3/c1-35(7-10-38-2)16-20-14-18(3-4-22(20)36-8-11-39-12-9-36)24-26(30)34-27(31)25(33-24)19-13-17-5-6-32-28(37)23(17)21(29)15-19/h3-4,13-15H,5-12,16H2,1-2H3,(H2,31,34)(H,32,37). The van der Waals surface area contributed by atoms with Crippen molar-refractivity contribution >= 4 is 17.4 Å². The van der Waals surface area contributed by atoms with E-state index in [2.05, 4.69) is 25.1 Å². The predicted octanol–water partition coefficient (Wildman–Crippen LogP) is 2.87. The summed E-state index contributed by atoms with van der Waals surface area (Å²) in [4.78, 5) is 25.0. The third kappa shape index (κ3) is 5.70. The summed E-state index contributed by atoms with van der Waals surface area (Å²) in [6.45, 7) is 5.13. The van der Waals surface area contributed by atoms with Gasteiger partial charge in [0.1, 0.15) is 17.2 Å². The summed E-state index contributed by atoms with van der Waals surface area (Å²) in [5, 5.41) is 2.64. The lowest BCUT2D eigenvalue weighted by atomic mass is 9.95. The summed E-state index contributed by atoms with van der Waals surface area (Å²) >= 11 is 0. The molecule has 0 radical (unpaired) electrons. The fourth-order valence-corrected chi connectivity index (χ4v) is 5.06. The zero-order valence-corrected chi connectivity index (χ0v) is 22.1. The van der Waals surface area contributed by atoms with Crippen molar-refractivity contribution in [3.05, 3.63) is 58.8 Å². The summed E-state index contributed by atoms with van der Waals surface area (Å²) in [5.41, 5.74) is 9.73. The van der Waals surface area contributed by atoms with E-state index in [-0.39, 0.29) is 22.8 Å². The number of carbonyl (C=O) groups is 1. The number of nitrogens with zero attached hydrogens (tertiary/aromatic N) is 4. The quantitative estimate of drug-likeness (QED) is 0.451. The number of benzene rings is 2. The Morgan fingerprint density at radius 3 is 2.69 bits per heavy atom. The number of carbonyl (C=O) groups excluding carboxylic acids is 1. The molecule has 206 valence electrons. The van der Waals surface area contributed by atoms with E-state index >= 15 is 4.39 Å². The molecule has 1 aromatic heterocycles. The Morgan fingerprint density at radius 1 is 1.13 bits per heavy atom. The monoisotopic (exact) mass is 538 g/mol. The number of hydrogen-bond acceptors (Lipinski definition) is 8. The van der Waals surface area contributed by atoms with Crippen molar-refractivity contribution in [2.75, 3.05) is 70.8 Å². The van der Waals surface area contributed by atoms with Crippen LogP contribution in [-0.4, -0.2) is 80.9 Å². The van der Waals surface area contributed by atoms with Crippen LogP contribution in [0, 0.1) is 11.8 Å². The maximum atomic E-state index is 15.2. The Labute approximate surface area is 225 Å². The SMILES string of the molecule is COCCN(C)Cc1cc(-c2nc(-c3cc(F)c4c(c3)CCNC4=O)c(N)nc2F)ccc1N1CCOCC1. The van der Waals surface area contributed by atoms with Gasteiger partial charge in [0.15, 0.2) is 5.82 Å². The van der Waals surface area contributed by atoms with E-state index in [1.165, 1.54) is 6.07 Å². The number of aromatic nitrogens is 2. The molecule has 5 rings (SSSR count). The Morgan fingerprint density at radius 2 is 1.92 bits per heavy atom. The summed E-state index contributed by atoms with van der Waals surface area (Å²) in [6.07, 6.45) is 0.468. The maximum absolute atomic E-state index is 15.2. The van der Waals surface area contributed by atoms with Gasteiger partial charge in [-0.15, -0.1) is 0 Å². The van der Waals surface area contributed by atoms with Crippen LogP contribution in [0.5, 0.6) is 0 Å². The number of amides is 1. The van der Waals surface area contributed by atoms with E-state index in [0.717, 1.165) is 30.9 Å². The fourth-order valence-electron chi connectivity index (χ4n) is 5.06. The molecule has 2 aromatic carbocycles. The Hall–Kier alpha value is -3.67. The molecule has 1 saturated heterocycles. The van der Waals surface area contributed by atoms with Crippen molar-refractivity contribution < 1.29 is 23.0 Å². The van der Waals surface area contributed by atoms with E-state index in [0.29, 0.717) is 56.0 Å². The molecule has 2 aliphatic rings. The molecule has 11 heteroatoms. The third-order valence-electron chi connectivity index (χ3n) is 7.05. The van der Waals surface area contributed by atoms with E-state index in [1.807, 2.05) is 25.2 Å². The summed E-state index contributed by atoms with van der Waals surface area (Å²) in [7, 11) is 3.67. The number of methoxy groups -OCH3 is 1. The first-order valence-corrected chi connectivity index (χ1v) is 12.9. The lowest BCUT2D eigenvalue weighted by molar-refractivity contribution is 0.0941. The molecule has 1 amide bonds. The highest BCUT2D eigenvalue weighted by molar-refractivity contribution is 5.97. The van der Waals surface area contributed by atoms with E-state index in [4.69, 9.17) is 15.2 Å². The summed E-state index contributed by atoms with van der Waals surface area (Å²) < 4.78 is 40.9. The number of likely N-dealkylation sites (N-methyl/N-ethyl adjacent to an activating group) is 1. The van der Waals surface area contributed by atoms with Crippen LogP contribution in [0.4, 0.5) is 20.3 Å². The van der Waals surface area contributed by atoms with Crippen LogP contribution in [0.15, 0.2) is 30.3 Å². The molecular formula is C28H32F2N6O3. The molecule has 0 bridgehead atoms. The number of ether oxygens (including phenoxy) is 2. The molecule has 0 aliphatic carbocycles. The minimum absolute atomic E-state index is 0.0137. The molecule has 3 N–H and O–H groups in total. The van der Waals surface area contributed by atoms with Crippen LogP contribution in [0.1, 0.15) is 21.5 Å². The first-order valence-electron chi connectivity index (χ1n) is 12.9. The van der Waals surface area contributed by atoms with Crippen molar-refractivity contribution in [2.24, 2.45) is 0 Å². The van der Waals surface area contributed by atoms with Gasteiger partial charge in [-0.05, 0) is 48.9 Å². The molecule has 1 fully saturated rings. The van der Waals surface area contributed by atoms with Crippen molar-refractivity contribution in [1.82, 2.24) is 20.2 Å². The molecule has 0 unspecified atom stereocenters. The van der Waals surface area contributed by atoms with Gasteiger partial charge in [0.05, 0.1) is 25.4 Å². The van der Waals surface area contributed by atoms with Gasteiger partial charge >= 0.3 is 0 Å². The first kappa shape index (κ1) is 26.9. The zero-order valence-electron chi connectivity index (χ0n) is 22.1. The molecule has 39 heavy (non-hydrogen) atoms. The number of rotatable bonds is 8. The highest BCUT2D eigenvalue weighted by atomic mass is 19.1. The molecule has 9 nitrogen and oxygen atoms in total. The van der Waals surface area contributed by atoms with Crippen molar-refractivity contribution in [2.45, 2.75) is 13.0 Å². The minimum atomic E-state index is -0.813. The lowest BCUT2D eigenvalue weighted by Gasteiger charge is -2.32. The highest BCUT2D eigenvalue weighted by Crippen LogP contribution is 2.34. The highest BCUT2D eigenvalue weighted by Gasteiger charge is 2.25. The van der Waals surface area contributed by atoms with Crippen molar-refractivity contribution in [1.29, 1.82) is 0 Å². The number of morpholine rings is 1. The number of halogens is 2. The number of nitrogens with two attached hydrogens (primary N) is 1. The van der Waals surface area contributed by atoms with Crippen LogP contribution in [0.25, 0.3) is 22.5 Å². The smallest absolute Gasteiger partial charge is 0.254 e. The number of fused-ring (bicyclic) bond motifs is 1. The molecular weight excluding hydrogens is 506 g/mol. The average molecular weight is 539 g/mol. The third-order valence-corrected chi connectivity index (χ3v) is 7.05. The Balaban J connectivity index is 1.55. The number of nitrogen functional groups attached to an aromatic ring is 1. The van der Waals surface area contributed by atoms with Gasteiger partial charge in [0.2, 0.25) is 5.95 Å². The lowest BCUT2D eigenvalue weighted by Crippen LogP contribution is -2.37. The predicted molar refractivity (Wildman–Crippen MR) is 145 cm³/mol. The largest absolute Gasteiger partial charge is 0.383 e. The number of hydrogen-bond donors (Lipinski definition) is 2. The second-order valence-corrected chi connectivity index (χ2v) is 9.77. The van der Waals surface area contributed by atoms with E-state index in [1.54, 1.807) is 13.2 Å². The second kappa shape index (κ2) is 11.6. The van der Waals surface area contributed by atoms with Crippen LogP contribution in [0.3, 0.4) is 0 Å². The maximum Gasteiger partial charge on any atom is 0.254 e. The Bertz CT molecular complexity index is 1380. The van der Waals surface area contributed by atoms with Crippen molar-refractivity contribution in [3.63, 3.8) is 0 Å². The van der Waals surface area contributed by atoms with Crippen molar-refractivity contribution in [3.8, 4) is 22.5 Å². The molecule has 3 aromatic rings. The first-order chi connectivity index (χ1) is 18.9. The van der Waals surface area contributed by atoms with Gasteiger partial charge in [-0.1, -0.05) is 6.07 Å². The van der Waals surface area contributed by atoms with Gasteiger partial charge in [0.25, 0.3) is 5.91 Å². The van der Waals surface area contributed by atoms with Gasteiger partial charge in [0, 0.05) is 56.6 Å². The normalized spacial score (nSPS) is 15.4. The zero-order chi connectivity index (χ0) is 27.5. The summed E-state index contributed by atoms with van der Waals surface area (Å²) in [6, 6.07) is 8.57. The number of anilines is 2. The second-order valence-electron chi connectivity index (χ2n) is 9.77. The molecule has 0 atom stereocenters. The molecule has 3 heterocycles. The summed E-state index contributed by atoms with van der Waals surface area (Å²) in [5.74, 6) is -2.10. The molecule has 0 saturated carbocycles. The van der Waals surface area contributed by atoms with Gasteiger partial charge < -0.3 is 25.4 Å². The van der Waals surface area contributed by atoms with Crippen LogP contribution in [-0.2, 0) is 22.4 Å². The van der Waals surface area contributed by atoms with E-state index in [9.17, 15) is 9.18 Å². The van der Waals surface area contributed by atoms with Crippen LogP contribution in [0.2, 0.25) is 0 Å². The van der Waals surface area contributed by atoms with Crippen LogP contribution >= 0.6 is 0 Å². The molecule has 2 aliphatic heterocycles.